The minimum atomic E-state index is -1.16. The third kappa shape index (κ3) is 1.65. The lowest BCUT2D eigenvalue weighted by atomic mass is 9.67. The third-order valence-electron chi connectivity index (χ3n) is 5.15. The number of hydrogen-bond acceptors (Lipinski definition) is 4. The van der Waals surface area contributed by atoms with Crippen LogP contribution in [-0.4, -0.2) is 23.1 Å². The van der Waals surface area contributed by atoms with Crippen LogP contribution in [0.3, 0.4) is 0 Å². The number of ketones is 2. The van der Waals surface area contributed by atoms with Gasteiger partial charge < -0.3 is 4.74 Å². The number of Topliss-reactive ketones (excluding diaryl/α,β-unsaturated/α-hetero) is 2. The van der Waals surface area contributed by atoms with Crippen molar-refractivity contribution in [3.63, 3.8) is 0 Å². The van der Waals surface area contributed by atoms with Gasteiger partial charge in [0, 0.05) is 12.3 Å². The lowest BCUT2D eigenvalue weighted by Crippen LogP contribution is -2.53. The summed E-state index contributed by atoms with van der Waals surface area (Å²) >= 11 is 0. The van der Waals surface area contributed by atoms with Gasteiger partial charge in [0.25, 0.3) is 0 Å². The maximum atomic E-state index is 12.4. The van der Waals surface area contributed by atoms with Gasteiger partial charge in [-0.1, -0.05) is 30.3 Å². The average Bonchev–Trinajstić information content (AvgIpc) is 2.65. The third-order valence-corrected chi connectivity index (χ3v) is 5.15. The Labute approximate surface area is 123 Å². The summed E-state index contributed by atoms with van der Waals surface area (Å²) in [4.78, 5) is 36.7. The first-order valence-corrected chi connectivity index (χ1v) is 7.13. The van der Waals surface area contributed by atoms with Crippen molar-refractivity contribution < 1.29 is 19.1 Å². The molecule has 1 aromatic carbocycles. The van der Waals surface area contributed by atoms with E-state index in [0.29, 0.717) is 0 Å². The molecule has 1 heterocycles. The molecule has 0 unspecified atom stereocenters. The summed E-state index contributed by atoms with van der Waals surface area (Å²) in [5.41, 5.74) is -1.02. The Bertz CT molecular complexity index is 619. The number of esters is 1. The van der Waals surface area contributed by atoms with E-state index in [2.05, 4.69) is 0 Å². The Hall–Kier alpha value is -1.97. The second-order valence-corrected chi connectivity index (χ2v) is 6.36. The summed E-state index contributed by atoms with van der Waals surface area (Å²) in [6, 6.07) is 9.35. The molecule has 4 heteroatoms. The molecule has 2 aliphatic rings. The summed E-state index contributed by atoms with van der Waals surface area (Å²) in [5.74, 6) is -1.53. The van der Waals surface area contributed by atoms with E-state index in [4.69, 9.17) is 4.74 Å². The highest BCUT2D eigenvalue weighted by atomic mass is 16.6. The van der Waals surface area contributed by atoms with Gasteiger partial charge in [0.05, 0.1) is 5.41 Å². The van der Waals surface area contributed by atoms with Crippen LogP contribution >= 0.6 is 0 Å². The van der Waals surface area contributed by atoms with Gasteiger partial charge in [-0.2, -0.15) is 0 Å². The first-order chi connectivity index (χ1) is 9.83. The highest BCUT2D eigenvalue weighted by Crippen LogP contribution is 2.64. The van der Waals surface area contributed by atoms with Crippen LogP contribution in [0.1, 0.15) is 38.7 Å². The highest BCUT2D eigenvalue weighted by Gasteiger charge is 2.73. The lowest BCUT2D eigenvalue weighted by molar-refractivity contribution is -0.203. The molecule has 2 fully saturated rings. The molecular weight excluding hydrogens is 268 g/mol. The molecular formula is C17H18O4. The van der Waals surface area contributed by atoms with Crippen LogP contribution in [0.5, 0.6) is 0 Å². The Morgan fingerprint density at radius 2 is 1.67 bits per heavy atom. The van der Waals surface area contributed by atoms with Crippen molar-refractivity contribution in [1.29, 1.82) is 0 Å². The number of fused-ring (bicyclic) bond motifs is 1. The molecule has 0 spiro atoms. The molecule has 4 nitrogen and oxygen atoms in total. The van der Waals surface area contributed by atoms with Crippen LogP contribution in [0.15, 0.2) is 30.3 Å². The van der Waals surface area contributed by atoms with E-state index in [0.717, 1.165) is 5.56 Å². The number of carbonyl (C=O) groups is 3. The average molecular weight is 286 g/mol. The summed E-state index contributed by atoms with van der Waals surface area (Å²) < 4.78 is 5.31. The fourth-order valence-corrected chi connectivity index (χ4v) is 4.20. The van der Waals surface area contributed by atoms with Gasteiger partial charge in [-0.3, -0.25) is 14.4 Å². The second-order valence-electron chi connectivity index (χ2n) is 6.36. The van der Waals surface area contributed by atoms with Crippen LogP contribution in [0.2, 0.25) is 0 Å². The molecule has 0 amide bonds. The Balaban J connectivity index is 2.21. The summed E-state index contributed by atoms with van der Waals surface area (Å²) in [5, 5.41) is 0. The van der Waals surface area contributed by atoms with Crippen molar-refractivity contribution >= 4 is 17.5 Å². The van der Waals surface area contributed by atoms with Crippen molar-refractivity contribution in [3.05, 3.63) is 35.9 Å². The van der Waals surface area contributed by atoms with Crippen molar-refractivity contribution in [1.82, 2.24) is 0 Å². The number of benzene rings is 1. The Morgan fingerprint density at radius 3 is 2.14 bits per heavy atom. The monoisotopic (exact) mass is 286 g/mol. The molecule has 0 N–H and O–H groups in total. The normalized spacial score (nSPS) is 32.8. The van der Waals surface area contributed by atoms with Crippen LogP contribution in [-0.2, 0) is 19.1 Å². The van der Waals surface area contributed by atoms with Crippen LogP contribution in [0.25, 0.3) is 0 Å². The quantitative estimate of drug-likeness (QED) is 0.631. The van der Waals surface area contributed by atoms with E-state index in [1.807, 2.05) is 37.3 Å². The summed E-state index contributed by atoms with van der Waals surface area (Å²) in [6.07, 6.45) is 0.278. The van der Waals surface area contributed by atoms with Crippen molar-refractivity contribution in [3.8, 4) is 0 Å². The van der Waals surface area contributed by atoms with Gasteiger partial charge in [-0.15, -0.1) is 0 Å². The molecule has 1 aliphatic carbocycles. The number of carbonyl (C=O) groups excluding carboxylic acids is 3. The predicted octanol–water partition coefficient (Wildman–Crippen LogP) is 2.27. The van der Waals surface area contributed by atoms with Crippen LogP contribution in [0, 0.1) is 11.3 Å². The lowest BCUT2D eigenvalue weighted by Gasteiger charge is -2.42. The van der Waals surface area contributed by atoms with Gasteiger partial charge in [0.15, 0.2) is 0 Å². The zero-order valence-electron chi connectivity index (χ0n) is 12.4. The topological polar surface area (TPSA) is 60.4 Å². The molecule has 1 saturated heterocycles. The Morgan fingerprint density at radius 1 is 1.10 bits per heavy atom. The van der Waals surface area contributed by atoms with Crippen LogP contribution in [0.4, 0.5) is 0 Å². The van der Waals surface area contributed by atoms with Crippen molar-refractivity contribution in [2.45, 2.75) is 38.7 Å². The van der Waals surface area contributed by atoms with E-state index in [9.17, 15) is 14.4 Å². The molecule has 1 saturated carbocycles. The zero-order valence-corrected chi connectivity index (χ0v) is 12.4. The molecule has 21 heavy (non-hydrogen) atoms. The predicted molar refractivity (Wildman–Crippen MR) is 75.6 cm³/mol. The van der Waals surface area contributed by atoms with Gasteiger partial charge in [-0.05, 0) is 26.3 Å². The first kappa shape index (κ1) is 14.0. The molecule has 0 bridgehead atoms. The minimum Gasteiger partial charge on any atom is -0.458 e. The van der Waals surface area contributed by atoms with E-state index in [1.165, 1.54) is 13.8 Å². The molecule has 1 aliphatic heterocycles. The first-order valence-electron chi connectivity index (χ1n) is 7.13. The van der Waals surface area contributed by atoms with Gasteiger partial charge in [0.1, 0.15) is 23.1 Å². The van der Waals surface area contributed by atoms with Crippen molar-refractivity contribution in [2.24, 2.45) is 11.3 Å². The Kier molecular flexibility index (Phi) is 2.84. The van der Waals surface area contributed by atoms with Gasteiger partial charge >= 0.3 is 5.97 Å². The maximum absolute atomic E-state index is 12.4. The van der Waals surface area contributed by atoms with E-state index in [-0.39, 0.29) is 24.0 Å². The van der Waals surface area contributed by atoms with E-state index in [1.54, 1.807) is 0 Å². The molecule has 110 valence electrons. The second kappa shape index (κ2) is 4.26. The molecule has 1 aromatic rings. The van der Waals surface area contributed by atoms with E-state index < -0.39 is 22.9 Å². The fourth-order valence-electron chi connectivity index (χ4n) is 4.20. The largest absolute Gasteiger partial charge is 0.458 e. The van der Waals surface area contributed by atoms with Crippen LogP contribution < -0.4 is 0 Å². The number of hydrogen-bond donors (Lipinski definition) is 0. The van der Waals surface area contributed by atoms with E-state index >= 15 is 0 Å². The van der Waals surface area contributed by atoms with Crippen molar-refractivity contribution in [2.75, 3.05) is 0 Å². The number of rotatable bonds is 3. The fraction of sp³-hybridized carbons (Fsp3) is 0.471. The molecule has 3 rings (SSSR count). The standard InChI is InChI=1S/C17H18O4/c1-10(18)17(11(2)19)9-16(3)14(15(20)21-16)13(17)12-7-5-4-6-8-12/h4-8,13-14H,9H2,1-3H3/t13-,14+,16+/m1/s1. The molecule has 0 aromatic heterocycles. The highest BCUT2D eigenvalue weighted by molar-refractivity contribution is 6.08. The van der Waals surface area contributed by atoms with Gasteiger partial charge in [0.2, 0.25) is 0 Å². The van der Waals surface area contributed by atoms with Gasteiger partial charge in [-0.25, -0.2) is 0 Å². The summed E-state index contributed by atoms with van der Waals surface area (Å²) in [7, 11) is 0. The smallest absolute Gasteiger partial charge is 0.314 e. The molecule has 0 radical (unpaired) electrons. The number of ether oxygens (including phenoxy) is 1. The summed E-state index contributed by atoms with van der Waals surface area (Å²) in [6.45, 7) is 4.70. The maximum Gasteiger partial charge on any atom is 0.314 e. The molecule has 3 atom stereocenters. The minimum absolute atomic E-state index is 0.184. The zero-order chi connectivity index (χ0) is 15.4. The SMILES string of the molecule is CC(=O)C1(C(C)=O)C[C@]2(C)OC(=O)[C@@H]2[C@H]1c1ccccc1.